The molecule has 0 unspecified atom stereocenters. The summed E-state index contributed by atoms with van der Waals surface area (Å²) >= 11 is 0. The highest BCUT2D eigenvalue weighted by Gasteiger charge is 2.17. The zero-order chi connectivity index (χ0) is 9.03. The quantitative estimate of drug-likeness (QED) is 0.635. The van der Waals surface area contributed by atoms with Crippen molar-refractivity contribution in [1.82, 2.24) is 0 Å². The van der Waals surface area contributed by atoms with Gasteiger partial charge in [0.25, 0.3) is 0 Å². The monoisotopic (exact) mass is 196 g/mol. The normalized spacial score (nSPS) is 21.1. The van der Waals surface area contributed by atoms with Gasteiger partial charge in [0, 0.05) is 13.2 Å². The Labute approximate surface area is 72.1 Å². The van der Waals surface area contributed by atoms with E-state index >= 15 is 0 Å². The fourth-order valence-corrected chi connectivity index (χ4v) is 1.96. The van der Waals surface area contributed by atoms with Gasteiger partial charge in [-0.15, -0.1) is 3.89 Å². The van der Waals surface area contributed by atoms with Crippen molar-refractivity contribution in [2.24, 2.45) is 5.92 Å². The Morgan fingerprint density at radius 2 is 1.92 bits per heavy atom. The molecule has 0 atom stereocenters. The van der Waals surface area contributed by atoms with Crippen LogP contribution in [0, 0.1) is 5.92 Å². The Hall–Kier alpha value is -0.160. The summed E-state index contributed by atoms with van der Waals surface area (Å²) in [5.74, 6) is -0.0122. The Morgan fingerprint density at radius 3 is 2.42 bits per heavy atom. The largest absolute Gasteiger partial charge is 0.381 e. The minimum atomic E-state index is -4.26. The highest BCUT2D eigenvalue weighted by Crippen LogP contribution is 2.19. The van der Waals surface area contributed by atoms with Crippen molar-refractivity contribution < 1.29 is 17.0 Å². The van der Waals surface area contributed by atoms with Gasteiger partial charge in [-0.1, -0.05) is 0 Å². The molecule has 3 nitrogen and oxygen atoms in total. The van der Waals surface area contributed by atoms with E-state index in [0.717, 1.165) is 12.8 Å². The van der Waals surface area contributed by atoms with Gasteiger partial charge in [0.1, 0.15) is 0 Å². The lowest BCUT2D eigenvalue weighted by molar-refractivity contribution is 0.0655. The molecule has 1 saturated heterocycles. The van der Waals surface area contributed by atoms with Gasteiger partial charge in [0.05, 0.1) is 5.75 Å². The van der Waals surface area contributed by atoms with Crippen LogP contribution in [0.1, 0.15) is 19.3 Å². The van der Waals surface area contributed by atoms with Crippen LogP contribution < -0.4 is 0 Å². The molecule has 0 radical (unpaired) electrons. The molecule has 1 aliphatic rings. The molecular formula is C7H13FO3S. The lowest BCUT2D eigenvalue weighted by Gasteiger charge is -2.20. The van der Waals surface area contributed by atoms with Gasteiger partial charge in [-0.25, -0.2) is 0 Å². The maximum absolute atomic E-state index is 12.1. The number of ether oxygens (including phenoxy) is 1. The molecule has 72 valence electrons. The first kappa shape index (κ1) is 9.92. The molecule has 0 aromatic carbocycles. The third-order valence-electron chi connectivity index (χ3n) is 2.11. The van der Waals surface area contributed by atoms with E-state index < -0.39 is 10.2 Å². The Balaban J connectivity index is 2.22. The molecule has 0 aromatic heterocycles. The summed E-state index contributed by atoms with van der Waals surface area (Å²) in [4.78, 5) is 0. The minimum Gasteiger partial charge on any atom is -0.381 e. The minimum absolute atomic E-state index is 0.323. The molecule has 1 heterocycles. The summed E-state index contributed by atoms with van der Waals surface area (Å²) < 4.78 is 37.5. The smallest absolute Gasteiger partial charge is 0.302 e. The van der Waals surface area contributed by atoms with Gasteiger partial charge >= 0.3 is 10.2 Å². The van der Waals surface area contributed by atoms with Gasteiger partial charge in [-0.3, -0.25) is 0 Å². The summed E-state index contributed by atoms with van der Waals surface area (Å²) in [7, 11) is -4.26. The van der Waals surface area contributed by atoms with Crippen molar-refractivity contribution in [1.29, 1.82) is 0 Å². The molecular weight excluding hydrogens is 183 g/mol. The molecule has 0 aromatic rings. The standard InChI is InChI=1S/C7H13FO3S/c8-12(9,10)6-3-7-1-4-11-5-2-7/h7H,1-6H2. The topological polar surface area (TPSA) is 43.4 Å². The summed E-state index contributed by atoms with van der Waals surface area (Å²) in [6, 6.07) is 0. The molecule has 1 aliphatic heterocycles. The first-order valence-electron chi connectivity index (χ1n) is 4.08. The predicted octanol–water partition coefficient (Wildman–Crippen LogP) is 1.10. The van der Waals surface area contributed by atoms with Crippen LogP contribution in [0.25, 0.3) is 0 Å². The van der Waals surface area contributed by atoms with Crippen LogP contribution >= 0.6 is 0 Å². The van der Waals surface area contributed by atoms with E-state index in [9.17, 15) is 12.3 Å². The first-order chi connectivity index (χ1) is 5.58. The van der Waals surface area contributed by atoms with Crippen LogP contribution in [0.3, 0.4) is 0 Å². The van der Waals surface area contributed by atoms with Crippen LogP contribution in [0.2, 0.25) is 0 Å². The van der Waals surface area contributed by atoms with E-state index in [4.69, 9.17) is 4.74 Å². The van der Waals surface area contributed by atoms with E-state index in [0.29, 0.717) is 25.6 Å². The lowest BCUT2D eigenvalue weighted by Crippen LogP contribution is -2.17. The molecule has 12 heavy (non-hydrogen) atoms. The van der Waals surface area contributed by atoms with E-state index in [1.165, 1.54) is 0 Å². The molecule has 0 saturated carbocycles. The highest BCUT2D eigenvalue weighted by atomic mass is 32.3. The van der Waals surface area contributed by atoms with Crippen LogP contribution in [-0.4, -0.2) is 27.4 Å². The average molecular weight is 196 g/mol. The summed E-state index contributed by atoms with van der Waals surface area (Å²) in [5.41, 5.74) is 0. The molecule has 1 fully saturated rings. The second-order valence-electron chi connectivity index (χ2n) is 3.09. The third-order valence-corrected chi connectivity index (χ3v) is 2.83. The average Bonchev–Trinajstić information content (AvgIpc) is 2.02. The zero-order valence-electron chi connectivity index (χ0n) is 6.83. The Bertz CT molecular complexity index is 219. The number of hydrogen-bond acceptors (Lipinski definition) is 3. The van der Waals surface area contributed by atoms with E-state index in [1.54, 1.807) is 0 Å². The van der Waals surface area contributed by atoms with Gasteiger partial charge < -0.3 is 4.74 Å². The lowest BCUT2D eigenvalue weighted by atomic mass is 9.98. The Kier molecular flexibility index (Phi) is 3.46. The Morgan fingerprint density at radius 1 is 1.33 bits per heavy atom. The number of halogens is 1. The van der Waals surface area contributed by atoms with Crippen molar-refractivity contribution in [3.05, 3.63) is 0 Å². The first-order valence-corrected chi connectivity index (χ1v) is 5.63. The second-order valence-corrected chi connectivity index (χ2v) is 4.57. The maximum Gasteiger partial charge on any atom is 0.302 e. The van der Waals surface area contributed by atoms with E-state index in [-0.39, 0.29) is 5.75 Å². The number of hydrogen-bond donors (Lipinski definition) is 0. The molecule has 0 amide bonds. The third kappa shape index (κ3) is 4.01. The molecule has 1 rings (SSSR count). The fraction of sp³-hybridized carbons (Fsp3) is 1.00. The van der Waals surface area contributed by atoms with Crippen LogP contribution in [0.15, 0.2) is 0 Å². The molecule has 0 spiro atoms. The van der Waals surface area contributed by atoms with Gasteiger partial charge in [0.15, 0.2) is 0 Å². The van der Waals surface area contributed by atoms with Gasteiger partial charge in [0.2, 0.25) is 0 Å². The SMILES string of the molecule is O=S(=O)(F)CCC1CCOCC1. The van der Waals surface area contributed by atoms with Crippen LogP contribution in [-0.2, 0) is 15.0 Å². The van der Waals surface area contributed by atoms with E-state index in [2.05, 4.69) is 0 Å². The maximum atomic E-state index is 12.1. The fourth-order valence-electron chi connectivity index (χ4n) is 1.34. The predicted molar refractivity (Wildman–Crippen MR) is 43.1 cm³/mol. The van der Waals surface area contributed by atoms with Crippen molar-refractivity contribution in [2.75, 3.05) is 19.0 Å². The summed E-state index contributed by atoms with van der Waals surface area (Å²) in [6.07, 6.45) is 2.15. The van der Waals surface area contributed by atoms with Gasteiger partial charge in [-0.2, -0.15) is 8.42 Å². The molecule has 0 aliphatic carbocycles. The zero-order valence-corrected chi connectivity index (χ0v) is 7.65. The van der Waals surface area contributed by atoms with Gasteiger partial charge in [-0.05, 0) is 25.2 Å². The number of rotatable bonds is 3. The highest BCUT2D eigenvalue weighted by molar-refractivity contribution is 7.86. The summed E-state index contributed by atoms with van der Waals surface area (Å²) in [5, 5.41) is 0. The van der Waals surface area contributed by atoms with E-state index in [1.807, 2.05) is 0 Å². The van der Waals surface area contributed by atoms with Crippen molar-refractivity contribution in [3.63, 3.8) is 0 Å². The molecule has 0 N–H and O–H groups in total. The molecule has 5 heteroatoms. The van der Waals surface area contributed by atoms with Crippen LogP contribution in [0.4, 0.5) is 3.89 Å². The van der Waals surface area contributed by atoms with Crippen LogP contribution in [0.5, 0.6) is 0 Å². The van der Waals surface area contributed by atoms with Crippen molar-refractivity contribution >= 4 is 10.2 Å². The second kappa shape index (κ2) is 4.18. The summed E-state index contributed by atoms with van der Waals surface area (Å²) in [6.45, 7) is 1.36. The van der Waals surface area contributed by atoms with Crippen molar-refractivity contribution in [3.8, 4) is 0 Å². The molecule has 0 bridgehead atoms. The van der Waals surface area contributed by atoms with Crippen molar-refractivity contribution in [2.45, 2.75) is 19.3 Å².